The fraction of sp³-hybridized carbons (Fsp3) is 0.381. The summed E-state index contributed by atoms with van der Waals surface area (Å²) in [5.74, 6) is -4.77. The summed E-state index contributed by atoms with van der Waals surface area (Å²) in [5, 5.41) is 23.8. The van der Waals surface area contributed by atoms with E-state index in [2.05, 4.69) is 15.6 Å². The van der Waals surface area contributed by atoms with Gasteiger partial charge in [-0.25, -0.2) is 4.79 Å². The Morgan fingerprint density at radius 2 is 1.61 bits per heavy atom. The zero-order valence-electron chi connectivity index (χ0n) is 17.7. The molecule has 0 bridgehead atoms. The number of carboxylic acid groups (broad SMARTS) is 2. The lowest BCUT2D eigenvalue weighted by atomic mass is 10.0. The Kier molecular flexibility index (Phi) is 8.92. The number of para-hydroxylation sites is 1. The molecule has 0 spiro atoms. The number of carboxylic acids is 2. The smallest absolute Gasteiger partial charge is 0.326 e. The second kappa shape index (κ2) is 11.6. The highest BCUT2D eigenvalue weighted by Crippen LogP contribution is 2.19. The van der Waals surface area contributed by atoms with E-state index in [9.17, 15) is 29.1 Å². The van der Waals surface area contributed by atoms with Crippen molar-refractivity contribution in [3.8, 4) is 0 Å². The molecule has 0 aliphatic carbocycles. The average Bonchev–Trinajstić information content (AvgIpc) is 3.16. The number of nitrogens with one attached hydrogen (secondary N) is 3. The van der Waals surface area contributed by atoms with Crippen molar-refractivity contribution in [3.05, 3.63) is 36.0 Å². The fourth-order valence-electron chi connectivity index (χ4n) is 3.23. The average molecular weight is 461 g/mol. The molecular formula is C21H27N5O7. The molecule has 1 aromatic heterocycles. The van der Waals surface area contributed by atoms with Crippen LogP contribution < -0.4 is 22.1 Å². The van der Waals surface area contributed by atoms with Gasteiger partial charge in [0.1, 0.15) is 12.1 Å². The van der Waals surface area contributed by atoms with Gasteiger partial charge in [-0.3, -0.25) is 19.2 Å². The number of hydrogen-bond donors (Lipinski definition) is 7. The van der Waals surface area contributed by atoms with Gasteiger partial charge in [-0.2, -0.15) is 0 Å². The van der Waals surface area contributed by atoms with E-state index in [4.69, 9.17) is 16.6 Å². The Bertz CT molecular complexity index is 1030. The van der Waals surface area contributed by atoms with E-state index in [1.54, 1.807) is 12.3 Å². The van der Waals surface area contributed by atoms with Crippen molar-refractivity contribution in [2.24, 2.45) is 11.5 Å². The van der Waals surface area contributed by atoms with E-state index in [1.165, 1.54) is 0 Å². The minimum atomic E-state index is -1.46. The maximum atomic E-state index is 12.9. The lowest BCUT2D eigenvalue weighted by Crippen LogP contribution is -2.55. The van der Waals surface area contributed by atoms with Crippen molar-refractivity contribution < 1.29 is 34.2 Å². The number of carbonyl (C=O) groups excluding carboxylic acids is 3. The third-order valence-corrected chi connectivity index (χ3v) is 5.03. The number of H-pyrrole nitrogens is 1. The monoisotopic (exact) mass is 461 g/mol. The number of nitrogens with two attached hydrogens (primary N) is 2. The minimum absolute atomic E-state index is 0.00932. The number of benzene rings is 1. The standard InChI is InChI=1S/C21H27N5O7/c22-13(5-7-17(23)27)19(30)26-16(9-11-10-24-14-4-2-1-3-12(11)14)20(31)25-15(21(32)33)6-8-18(28)29/h1-4,10,13,15-16,24H,5-9,22H2,(H2,23,27)(H,25,31)(H,26,30)(H,28,29)(H,32,33). The number of primary amides is 1. The number of aromatic nitrogens is 1. The molecule has 12 nitrogen and oxygen atoms in total. The Morgan fingerprint density at radius 1 is 0.939 bits per heavy atom. The third-order valence-electron chi connectivity index (χ3n) is 5.03. The van der Waals surface area contributed by atoms with Gasteiger partial charge < -0.3 is 37.3 Å². The van der Waals surface area contributed by atoms with Gasteiger partial charge in [0, 0.05) is 36.4 Å². The fourth-order valence-corrected chi connectivity index (χ4v) is 3.23. The van der Waals surface area contributed by atoms with Crippen LogP contribution in [-0.4, -0.2) is 63.0 Å². The van der Waals surface area contributed by atoms with Crippen molar-refractivity contribution in [3.63, 3.8) is 0 Å². The number of rotatable bonds is 13. The molecule has 1 heterocycles. The van der Waals surface area contributed by atoms with Crippen molar-refractivity contribution in [1.82, 2.24) is 15.6 Å². The first kappa shape index (κ1) is 25.3. The maximum absolute atomic E-state index is 12.9. The van der Waals surface area contributed by atoms with Crippen molar-refractivity contribution in [2.75, 3.05) is 0 Å². The van der Waals surface area contributed by atoms with Gasteiger partial charge in [0.2, 0.25) is 17.7 Å². The zero-order valence-corrected chi connectivity index (χ0v) is 17.7. The molecule has 178 valence electrons. The lowest BCUT2D eigenvalue weighted by molar-refractivity contribution is -0.143. The molecule has 2 aromatic rings. The summed E-state index contributed by atoms with van der Waals surface area (Å²) in [5.41, 5.74) is 12.4. The first-order valence-corrected chi connectivity index (χ1v) is 10.2. The summed E-state index contributed by atoms with van der Waals surface area (Å²) in [6, 6.07) is 3.51. The zero-order chi connectivity index (χ0) is 24.5. The van der Waals surface area contributed by atoms with Gasteiger partial charge in [-0.05, 0) is 24.5 Å². The molecular weight excluding hydrogens is 434 g/mol. The summed E-state index contributed by atoms with van der Waals surface area (Å²) >= 11 is 0. The number of aromatic amines is 1. The van der Waals surface area contributed by atoms with Gasteiger partial charge in [-0.15, -0.1) is 0 Å². The molecule has 3 atom stereocenters. The highest BCUT2D eigenvalue weighted by molar-refractivity contribution is 5.93. The van der Waals surface area contributed by atoms with Crippen LogP contribution in [0, 0.1) is 0 Å². The molecule has 3 unspecified atom stereocenters. The Balaban J connectivity index is 2.22. The SMILES string of the molecule is NC(=O)CCC(N)C(=O)NC(Cc1c[nH]c2ccccc12)C(=O)NC(CCC(=O)O)C(=O)O. The van der Waals surface area contributed by atoms with Crippen LogP contribution in [0.15, 0.2) is 30.5 Å². The summed E-state index contributed by atoms with van der Waals surface area (Å²) < 4.78 is 0. The lowest BCUT2D eigenvalue weighted by Gasteiger charge is -2.22. The summed E-state index contributed by atoms with van der Waals surface area (Å²) in [6.07, 6.45) is 0.735. The molecule has 33 heavy (non-hydrogen) atoms. The number of aliphatic carboxylic acids is 2. The van der Waals surface area contributed by atoms with Crippen LogP contribution in [0.25, 0.3) is 10.9 Å². The third kappa shape index (κ3) is 7.61. The van der Waals surface area contributed by atoms with Crippen LogP contribution >= 0.6 is 0 Å². The Hall–Kier alpha value is -3.93. The molecule has 0 aliphatic heterocycles. The van der Waals surface area contributed by atoms with Gasteiger partial charge in [0.05, 0.1) is 6.04 Å². The van der Waals surface area contributed by atoms with Crippen molar-refractivity contribution >= 4 is 40.6 Å². The molecule has 0 saturated carbocycles. The topological polar surface area (TPSA) is 218 Å². The molecule has 0 aliphatic rings. The predicted molar refractivity (Wildman–Crippen MR) is 117 cm³/mol. The van der Waals surface area contributed by atoms with E-state index in [1.807, 2.05) is 18.2 Å². The molecule has 1 aromatic carbocycles. The molecule has 3 amide bonds. The van der Waals surface area contributed by atoms with Crippen molar-refractivity contribution in [2.45, 2.75) is 50.2 Å². The normalized spacial score (nSPS) is 13.6. The molecule has 9 N–H and O–H groups in total. The molecule has 2 rings (SSSR count). The summed E-state index contributed by atoms with van der Waals surface area (Å²) in [7, 11) is 0. The van der Waals surface area contributed by atoms with Crippen LogP contribution in [0.4, 0.5) is 0 Å². The molecule has 0 fully saturated rings. The van der Waals surface area contributed by atoms with E-state index < -0.39 is 54.2 Å². The van der Waals surface area contributed by atoms with Gasteiger partial charge >= 0.3 is 11.9 Å². The van der Waals surface area contributed by atoms with Crippen LogP contribution in [0.2, 0.25) is 0 Å². The first-order chi connectivity index (χ1) is 15.6. The largest absolute Gasteiger partial charge is 0.481 e. The van der Waals surface area contributed by atoms with Gasteiger partial charge in [0.15, 0.2) is 0 Å². The second-order valence-corrected chi connectivity index (χ2v) is 7.57. The predicted octanol–water partition coefficient (Wildman–Crippen LogP) is -0.778. The summed E-state index contributed by atoms with van der Waals surface area (Å²) in [4.78, 5) is 61.7. The van der Waals surface area contributed by atoms with E-state index in [-0.39, 0.29) is 25.7 Å². The van der Waals surface area contributed by atoms with E-state index in [0.717, 1.165) is 10.9 Å². The molecule has 0 saturated heterocycles. The molecule has 0 radical (unpaired) electrons. The minimum Gasteiger partial charge on any atom is -0.481 e. The summed E-state index contributed by atoms with van der Waals surface area (Å²) in [6.45, 7) is 0. The van der Waals surface area contributed by atoms with Crippen molar-refractivity contribution in [1.29, 1.82) is 0 Å². The van der Waals surface area contributed by atoms with E-state index >= 15 is 0 Å². The molecule has 12 heteroatoms. The quantitative estimate of drug-likeness (QED) is 0.200. The highest BCUT2D eigenvalue weighted by Gasteiger charge is 2.29. The van der Waals surface area contributed by atoms with Gasteiger partial charge in [0.25, 0.3) is 0 Å². The Labute approximate surface area is 188 Å². The number of hydrogen-bond acceptors (Lipinski definition) is 6. The number of amides is 3. The van der Waals surface area contributed by atoms with Gasteiger partial charge in [-0.1, -0.05) is 18.2 Å². The highest BCUT2D eigenvalue weighted by atomic mass is 16.4. The van der Waals surface area contributed by atoms with Crippen LogP contribution in [0.3, 0.4) is 0 Å². The van der Waals surface area contributed by atoms with E-state index in [0.29, 0.717) is 5.56 Å². The first-order valence-electron chi connectivity index (χ1n) is 10.2. The number of fused-ring (bicyclic) bond motifs is 1. The Morgan fingerprint density at radius 3 is 2.24 bits per heavy atom. The second-order valence-electron chi connectivity index (χ2n) is 7.57. The van der Waals surface area contributed by atoms with Crippen LogP contribution in [-0.2, 0) is 30.4 Å². The maximum Gasteiger partial charge on any atom is 0.326 e. The van der Waals surface area contributed by atoms with Crippen LogP contribution in [0.5, 0.6) is 0 Å². The van der Waals surface area contributed by atoms with Crippen LogP contribution in [0.1, 0.15) is 31.2 Å². The number of carbonyl (C=O) groups is 5.